The lowest BCUT2D eigenvalue weighted by molar-refractivity contribution is -0.0978. The van der Waals surface area contributed by atoms with Gasteiger partial charge < -0.3 is 15.5 Å². The van der Waals surface area contributed by atoms with Crippen molar-refractivity contribution in [3.8, 4) is 0 Å². The molecule has 0 saturated heterocycles. The van der Waals surface area contributed by atoms with Crippen molar-refractivity contribution in [3.63, 3.8) is 0 Å². The summed E-state index contributed by atoms with van der Waals surface area (Å²) in [7, 11) is 0. The van der Waals surface area contributed by atoms with Crippen LogP contribution in [0.15, 0.2) is 12.2 Å². The molecule has 0 aromatic carbocycles. The van der Waals surface area contributed by atoms with Gasteiger partial charge in [-0.15, -0.1) is 0 Å². The molecule has 1 aliphatic carbocycles. The zero-order valence-electron chi connectivity index (χ0n) is 11.9. The van der Waals surface area contributed by atoms with E-state index in [1.165, 1.54) is 12.0 Å². The Labute approximate surface area is 111 Å². The second-order valence-electron chi connectivity index (χ2n) is 5.80. The van der Waals surface area contributed by atoms with Gasteiger partial charge in [-0.2, -0.15) is 0 Å². The molecule has 1 saturated carbocycles. The quantitative estimate of drug-likeness (QED) is 0.484. The van der Waals surface area contributed by atoms with Gasteiger partial charge in [0, 0.05) is 12.0 Å². The molecule has 3 atom stereocenters. The minimum absolute atomic E-state index is 0.0694. The van der Waals surface area contributed by atoms with Crippen LogP contribution < -0.4 is 5.32 Å². The standard InChI is InChI=1S/C15H29NO2/c1-4-6-14(11(2)3)16-10-12-7-5-8-13(9-12)15(17)18/h12-18H,2,4-10H2,1,3H3/t12?,13?,14-/m1/s1. The van der Waals surface area contributed by atoms with Gasteiger partial charge in [-0.3, -0.25) is 0 Å². The first-order chi connectivity index (χ1) is 8.54. The van der Waals surface area contributed by atoms with E-state index in [1.807, 2.05) is 0 Å². The van der Waals surface area contributed by atoms with Gasteiger partial charge in [-0.1, -0.05) is 31.9 Å². The molecular weight excluding hydrogens is 226 g/mol. The van der Waals surface area contributed by atoms with Crippen LogP contribution >= 0.6 is 0 Å². The lowest BCUT2D eigenvalue weighted by atomic mass is 9.81. The summed E-state index contributed by atoms with van der Waals surface area (Å²) < 4.78 is 0. The summed E-state index contributed by atoms with van der Waals surface area (Å²) in [6.07, 6.45) is 5.35. The Balaban J connectivity index is 2.35. The zero-order valence-corrected chi connectivity index (χ0v) is 11.9. The van der Waals surface area contributed by atoms with E-state index in [0.29, 0.717) is 12.0 Å². The van der Waals surface area contributed by atoms with E-state index >= 15 is 0 Å². The molecule has 2 unspecified atom stereocenters. The van der Waals surface area contributed by atoms with Crippen molar-refractivity contribution in [2.75, 3.05) is 6.54 Å². The molecule has 1 fully saturated rings. The molecule has 0 amide bonds. The highest BCUT2D eigenvalue weighted by Gasteiger charge is 2.26. The molecule has 3 N–H and O–H groups in total. The Hall–Kier alpha value is -0.380. The Morgan fingerprint density at radius 2 is 2.11 bits per heavy atom. The topological polar surface area (TPSA) is 52.5 Å². The Morgan fingerprint density at radius 3 is 2.67 bits per heavy atom. The van der Waals surface area contributed by atoms with Crippen LogP contribution in [-0.4, -0.2) is 29.1 Å². The van der Waals surface area contributed by atoms with Gasteiger partial charge in [-0.25, -0.2) is 0 Å². The maximum absolute atomic E-state index is 9.27. The first-order valence-electron chi connectivity index (χ1n) is 7.29. The number of aliphatic hydroxyl groups is 2. The van der Waals surface area contributed by atoms with E-state index in [4.69, 9.17) is 0 Å². The average Bonchev–Trinajstić information content (AvgIpc) is 2.34. The second-order valence-corrected chi connectivity index (χ2v) is 5.80. The molecule has 3 nitrogen and oxygen atoms in total. The molecular formula is C15H29NO2. The van der Waals surface area contributed by atoms with Crippen molar-refractivity contribution in [2.24, 2.45) is 11.8 Å². The van der Waals surface area contributed by atoms with Crippen molar-refractivity contribution < 1.29 is 10.2 Å². The fraction of sp³-hybridized carbons (Fsp3) is 0.867. The molecule has 0 aliphatic heterocycles. The number of aliphatic hydroxyl groups excluding tert-OH is 1. The lowest BCUT2D eigenvalue weighted by Gasteiger charge is -2.31. The van der Waals surface area contributed by atoms with Crippen LogP contribution in [0.1, 0.15) is 52.4 Å². The summed E-state index contributed by atoms with van der Waals surface area (Å²) in [5.74, 6) is 0.643. The minimum atomic E-state index is -1.14. The van der Waals surface area contributed by atoms with Gasteiger partial charge in [0.05, 0.1) is 0 Å². The number of nitrogens with one attached hydrogen (secondary N) is 1. The maximum atomic E-state index is 9.27. The van der Waals surface area contributed by atoms with E-state index in [-0.39, 0.29) is 5.92 Å². The number of hydrogen-bond donors (Lipinski definition) is 3. The zero-order chi connectivity index (χ0) is 13.5. The van der Waals surface area contributed by atoms with Crippen LogP contribution in [0.5, 0.6) is 0 Å². The van der Waals surface area contributed by atoms with Crippen molar-refractivity contribution >= 4 is 0 Å². The molecule has 1 aliphatic rings. The summed E-state index contributed by atoms with van der Waals surface area (Å²) in [6, 6.07) is 0.412. The third kappa shape index (κ3) is 5.09. The summed E-state index contributed by atoms with van der Waals surface area (Å²) in [6.45, 7) is 9.28. The van der Waals surface area contributed by atoms with E-state index in [1.54, 1.807) is 0 Å². The van der Waals surface area contributed by atoms with E-state index in [0.717, 1.165) is 38.6 Å². The van der Waals surface area contributed by atoms with Gasteiger partial charge in [0.15, 0.2) is 6.29 Å². The van der Waals surface area contributed by atoms with Crippen LogP contribution in [0.3, 0.4) is 0 Å². The summed E-state index contributed by atoms with van der Waals surface area (Å²) >= 11 is 0. The first-order valence-corrected chi connectivity index (χ1v) is 7.29. The summed E-state index contributed by atoms with van der Waals surface area (Å²) in [5, 5.41) is 22.1. The lowest BCUT2D eigenvalue weighted by Crippen LogP contribution is -2.37. The highest BCUT2D eigenvalue weighted by molar-refractivity contribution is 5.01. The van der Waals surface area contributed by atoms with E-state index < -0.39 is 6.29 Å². The largest absolute Gasteiger partial charge is 0.368 e. The molecule has 0 aromatic rings. The van der Waals surface area contributed by atoms with Crippen molar-refractivity contribution in [1.82, 2.24) is 5.32 Å². The highest BCUT2D eigenvalue weighted by atomic mass is 16.5. The first kappa shape index (κ1) is 15.7. The predicted molar refractivity (Wildman–Crippen MR) is 75.2 cm³/mol. The van der Waals surface area contributed by atoms with Gasteiger partial charge in [-0.05, 0) is 45.1 Å². The van der Waals surface area contributed by atoms with E-state index in [9.17, 15) is 10.2 Å². The van der Waals surface area contributed by atoms with Gasteiger partial charge in [0.2, 0.25) is 0 Å². The molecule has 0 radical (unpaired) electrons. The Kier molecular flexibility index (Phi) is 6.90. The monoisotopic (exact) mass is 255 g/mol. The third-order valence-electron chi connectivity index (χ3n) is 4.07. The molecule has 1 rings (SSSR count). The van der Waals surface area contributed by atoms with Crippen molar-refractivity contribution in [1.29, 1.82) is 0 Å². The normalized spacial score (nSPS) is 26.3. The molecule has 0 bridgehead atoms. The average molecular weight is 255 g/mol. The highest BCUT2D eigenvalue weighted by Crippen LogP contribution is 2.30. The number of hydrogen-bond acceptors (Lipinski definition) is 3. The van der Waals surface area contributed by atoms with Crippen LogP contribution in [0.2, 0.25) is 0 Å². The number of rotatable bonds is 7. The summed E-state index contributed by atoms with van der Waals surface area (Å²) in [4.78, 5) is 0. The van der Waals surface area contributed by atoms with Gasteiger partial charge >= 0.3 is 0 Å². The SMILES string of the molecule is C=C(C)[C@@H](CCC)NCC1CCCC(C(O)O)C1. The van der Waals surface area contributed by atoms with Crippen LogP contribution in [-0.2, 0) is 0 Å². The van der Waals surface area contributed by atoms with Crippen LogP contribution in [0.25, 0.3) is 0 Å². The Bertz CT molecular complexity index is 253. The fourth-order valence-electron chi connectivity index (χ4n) is 2.91. The van der Waals surface area contributed by atoms with Crippen molar-refractivity contribution in [3.05, 3.63) is 12.2 Å². The molecule has 0 heterocycles. The van der Waals surface area contributed by atoms with Crippen LogP contribution in [0, 0.1) is 11.8 Å². The maximum Gasteiger partial charge on any atom is 0.154 e. The fourth-order valence-corrected chi connectivity index (χ4v) is 2.91. The van der Waals surface area contributed by atoms with E-state index in [2.05, 4.69) is 25.7 Å². The smallest absolute Gasteiger partial charge is 0.154 e. The Morgan fingerprint density at radius 1 is 1.39 bits per heavy atom. The molecule has 3 heteroatoms. The molecule has 0 spiro atoms. The second kappa shape index (κ2) is 7.93. The van der Waals surface area contributed by atoms with Crippen molar-refractivity contribution in [2.45, 2.75) is 64.7 Å². The molecule has 0 aromatic heterocycles. The summed E-state index contributed by atoms with van der Waals surface area (Å²) in [5.41, 5.74) is 1.20. The minimum Gasteiger partial charge on any atom is -0.368 e. The van der Waals surface area contributed by atoms with Crippen LogP contribution in [0.4, 0.5) is 0 Å². The third-order valence-corrected chi connectivity index (χ3v) is 4.07. The van der Waals surface area contributed by atoms with Gasteiger partial charge in [0.1, 0.15) is 0 Å². The van der Waals surface area contributed by atoms with Gasteiger partial charge in [0.25, 0.3) is 0 Å². The molecule has 106 valence electrons. The predicted octanol–water partition coefficient (Wildman–Crippen LogP) is 2.44. The molecule has 18 heavy (non-hydrogen) atoms.